The highest BCUT2D eigenvalue weighted by Crippen LogP contribution is 2.43. The summed E-state index contributed by atoms with van der Waals surface area (Å²) in [6.45, 7) is 3.34. The number of phosphoric acid groups is 1. The maximum absolute atomic E-state index is 12.5. The van der Waals surface area contributed by atoms with E-state index in [4.69, 9.17) is 24.3 Å². The molecule has 0 aromatic carbocycles. The second-order valence-electron chi connectivity index (χ2n) is 12.0. The Labute approximate surface area is 320 Å². The highest BCUT2D eigenvalue weighted by molar-refractivity contribution is 7.47. The SMILES string of the molecule is CC/C=C/C/C=C/C/C=C/C/C=C/C/C=C/CCCC(=O)O[C@H](COC(=O)CCCC/C=C/C/C=C/C/C=C/C/C=C/CC)COP(=O)(O)OCCN. The largest absolute Gasteiger partial charge is 0.472 e. The first-order valence-corrected chi connectivity index (χ1v) is 20.9. The van der Waals surface area contributed by atoms with E-state index in [0.717, 1.165) is 70.6 Å². The number of hydrogen-bond acceptors (Lipinski definition) is 8. The number of esters is 2. The van der Waals surface area contributed by atoms with Crippen LogP contribution in [0.1, 0.15) is 117 Å². The molecule has 0 heterocycles. The van der Waals surface area contributed by atoms with Crippen molar-refractivity contribution in [3.8, 4) is 0 Å². The van der Waals surface area contributed by atoms with Crippen LogP contribution in [-0.2, 0) is 32.7 Å². The van der Waals surface area contributed by atoms with Crippen LogP contribution in [0.3, 0.4) is 0 Å². The van der Waals surface area contributed by atoms with Gasteiger partial charge in [0.2, 0.25) is 0 Å². The number of rotatable bonds is 34. The van der Waals surface area contributed by atoms with Crippen molar-refractivity contribution in [3.05, 3.63) is 109 Å². The van der Waals surface area contributed by atoms with Gasteiger partial charge < -0.3 is 20.1 Å². The first kappa shape index (κ1) is 49.7. The van der Waals surface area contributed by atoms with Gasteiger partial charge in [-0.05, 0) is 89.9 Å². The van der Waals surface area contributed by atoms with E-state index in [-0.39, 0.29) is 32.6 Å². The van der Waals surface area contributed by atoms with Crippen molar-refractivity contribution in [2.75, 3.05) is 26.4 Å². The fraction of sp³-hybridized carbons (Fsp3) is 0.535. The molecule has 0 aromatic rings. The molecule has 2 atom stereocenters. The topological polar surface area (TPSA) is 134 Å². The van der Waals surface area contributed by atoms with E-state index in [1.165, 1.54) is 0 Å². The number of carbonyl (C=O) groups is 2. The molecule has 0 saturated heterocycles. The van der Waals surface area contributed by atoms with Crippen molar-refractivity contribution in [1.82, 2.24) is 0 Å². The first-order valence-electron chi connectivity index (χ1n) is 19.4. The molecule has 9 nitrogen and oxygen atoms in total. The van der Waals surface area contributed by atoms with Crippen molar-refractivity contribution in [2.24, 2.45) is 5.73 Å². The number of ether oxygens (including phenoxy) is 2. The van der Waals surface area contributed by atoms with E-state index in [1.807, 2.05) is 6.08 Å². The van der Waals surface area contributed by atoms with Crippen molar-refractivity contribution < 1.29 is 37.6 Å². The Hall–Kier alpha value is -3.33. The van der Waals surface area contributed by atoms with Gasteiger partial charge in [-0.25, -0.2) is 4.57 Å². The van der Waals surface area contributed by atoms with Gasteiger partial charge in [0.25, 0.3) is 0 Å². The van der Waals surface area contributed by atoms with Gasteiger partial charge in [-0.15, -0.1) is 0 Å². The van der Waals surface area contributed by atoms with Crippen LogP contribution in [0.15, 0.2) is 109 Å². The molecule has 0 aromatic heterocycles. The molecular weight excluding hydrogens is 689 g/mol. The van der Waals surface area contributed by atoms with Crippen LogP contribution in [0, 0.1) is 0 Å². The summed E-state index contributed by atoms with van der Waals surface area (Å²) in [5.41, 5.74) is 5.33. The molecule has 0 amide bonds. The Kier molecular flexibility index (Phi) is 36.0. The molecule has 0 saturated carbocycles. The monoisotopic (exact) mass is 757 g/mol. The standard InChI is InChI=1S/C43H68NO8P/c1-3-5-7-9-11-13-15-17-19-20-22-24-26-28-30-32-34-36-43(46)52-41(40-51-53(47,48)50-38-37-44)39-49-42(45)35-33-31-29-27-25-23-21-18-16-14-12-10-8-6-4-2/h5-8,11-14,17-19,21-22,24-25,27-28,30,41H,3-4,9-10,15-16,20,23,26,29,31-40,44H2,1-2H3,(H,47,48)/b7-5+,8-6+,13-11+,14-12+,19-17+,21-18+,24-22+,27-25+,30-28+/t41-/m1/s1. The zero-order valence-corrected chi connectivity index (χ0v) is 33.3. The lowest BCUT2D eigenvalue weighted by atomic mass is 10.2. The Morgan fingerprint density at radius 1 is 0.566 bits per heavy atom. The van der Waals surface area contributed by atoms with Crippen molar-refractivity contribution in [3.63, 3.8) is 0 Å². The number of carbonyl (C=O) groups excluding carboxylic acids is 2. The Balaban J connectivity index is 4.42. The summed E-state index contributed by atoms with van der Waals surface area (Å²) in [7, 11) is -4.41. The Bertz CT molecular complexity index is 1230. The molecule has 10 heteroatoms. The highest BCUT2D eigenvalue weighted by atomic mass is 31.2. The lowest BCUT2D eigenvalue weighted by Gasteiger charge is -2.19. The zero-order chi connectivity index (χ0) is 38.9. The quantitative estimate of drug-likeness (QED) is 0.0285. The van der Waals surface area contributed by atoms with Crippen molar-refractivity contribution >= 4 is 19.8 Å². The fourth-order valence-corrected chi connectivity index (χ4v) is 5.13. The van der Waals surface area contributed by atoms with E-state index in [1.54, 1.807) is 0 Å². The highest BCUT2D eigenvalue weighted by Gasteiger charge is 2.25. The molecule has 298 valence electrons. The van der Waals surface area contributed by atoms with Crippen molar-refractivity contribution in [2.45, 2.75) is 123 Å². The van der Waals surface area contributed by atoms with Gasteiger partial charge in [0.05, 0.1) is 13.2 Å². The molecule has 53 heavy (non-hydrogen) atoms. The van der Waals surface area contributed by atoms with Crippen LogP contribution in [0.5, 0.6) is 0 Å². The summed E-state index contributed by atoms with van der Waals surface area (Å²) in [6.07, 6.45) is 49.9. The number of hydrogen-bond donors (Lipinski definition) is 2. The minimum atomic E-state index is -4.41. The molecule has 3 N–H and O–H groups in total. The van der Waals surface area contributed by atoms with Crippen LogP contribution in [0.25, 0.3) is 0 Å². The molecule has 0 aliphatic rings. The lowest BCUT2D eigenvalue weighted by Crippen LogP contribution is -2.29. The van der Waals surface area contributed by atoms with Crippen LogP contribution in [0.2, 0.25) is 0 Å². The van der Waals surface area contributed by atoms with E-state index in [0.29, 0.717) is 19.3 Å². The van der Waals surface area contributed by atoms with Crippen molar-refractivity contribution in [1.29, 1.82) is 0 Å². The molecule has 0 aliphatic carbocycles. The second-order valence-corrected chi connectivity index (χ2v) is 13.5. The maximum atomic E-state index is 12.5. The molecule has 0 bridgehead atoms. The van der Waals surface area contributed by atoms with Gasteiger partial charge >= 0.3 is 19.8 Å². The van der Waals surface area contributed by atoms with Crippen LogP contribution >= 0.6 is 7.82 Å². The number of allylic oxidation sites excluding steroid dienone is 18. The third-order valence-corrected chi connectivity index (χ3v) is 8.14. The Morgan fingerprint density at radius 3 is 1.43 bits per heavy atom. The van der Waals surface area contributed by atoms with Crippen LogP contribution in [0.4, 0.5) is 0 Å². The third kappa shape index (κ3) is 38.2. The molecule has 0 fully saturated rings. The van der Waals surface area contributed by atoms with E-state index in [2.05, 4.69) is 117 Å². The second kappa shape index (κ2) is 38.4. The van der Waals surface area contributed by atoms with Crippen LogP contribution in [-0.4, -0.2) is 49.3 Å². The van der Waals surface area contributed by atoms with E-state index in [9.17, 15) is 19.0 Å². The predicted octanol–water partition coefficient (Wildman–Crippen LogP) is 10.8. The number of unbranched alkanes of at least 4 members (excludes halogenated alkanes) is 3. The maximum Gasteiger partial charge on any atom is 0.472 e. The summed E-state index contributed by atoms with van der Waals surface area (Å²) in [4.78, 5) is 34.7. The summed E-state index contributed by atoms with van der Waals surface area (Å²) in [5.74, 6) is -0.961. The minimum absolute atomic E-state index is 0.0319. The fourth-order valence-electron chi connectivity index (χ4n) is 4.36. The smallest absolute Gasteiger partial charge is 0.462 e. The molecule has 0 aliphatic heterocycles. The normalized spacial score (nSPS) is 14.6. The summed E-state index contributed by atoms with van der Waals surface area (Å²) in [5, 5.41) is 0. The number of nitrogens with two attached hydrogens (primary N) is 1. The molecule has 0 spiro atoms. The van der Waals surface area contributed by atoms with Gasteiger partial charge in [0.15, 0.2) is 6.10 Å². The average molecular weight is 758 g/mol. The average Bonchev–Trinajstić information content (AvgIpc) is 3.14. The van der Waals surface area contributed by atoms with Gasteiger partial charge in [0.1, 0.15) is 6.61 Å². The Morgan fingerprint density at radius 2 is 0.981 bits per heavy atom. The third-order valence-electron chi connectivity index (χ3n) is 7.15. The van der Waals surface area contributed by atoms with Gasteiger partial charge in [0, 0.05) is 19.4 Å². The minimum Gasteiger partial charge on any atom is -0.462 e. The molecule has 0 rings (SSSR count). The van der Waals surface area contributed by atoms with Gasteiger partial charge in [-0.1, -0.05) is 123 Å². The van der Waals surface area contributed by atoms with Gasteiger partial charge in [-0.2, -0.15) is 0 Å². The van der Waals surface area contributed by atoms with E-state index >= 15 is 0 Å². The summed E-state index contributed by atoms with van der Waals surface area (Å²) in [6, 6.07) is 0. The molecular formula is C43H68NO8P. The van der Waals surface area contributed by atoms with E-state index < -0.39 is 32.5 Å². The van der Waals surface area contributed by atoms with Gasteiger partial charge in [-0.3, -0.25) is 18.6 Å². The molecule has 1 unspecified atom stereocenters. The predicted molar refractivity (Wildman–Crippen MR) is 219 cm³/mol. The van der Waals surface area contributed by atoms with Crippen LogP contribution < -0.4 is 5.73 Å². The zero-order valence-electron chi connectivity index (χ0n) is 32.4. The summed E-state index contributed by atoms with van der Waals surface area (Å²) < 4.78 is 32.6. The first-order chi connectivity index (χ1) is 25.8. The number of phosphoric ester groups is 1. The lowest BCUT2D eigenvalue weighted by molar-refractivity contribution is -0.161. The molecule has 0 radical (unpaired) electrons. The summed E-state index contributed by atoms with van der Waals surface area (Å²) >= 11 is 0.